The van der Waals surface area contributed by atoms with E-state index in [4.69, 9.17) is 15.2 Å². The molecule has 0 atom stereocenters. The molecule has 19 heavy (non-hydrogen) atoms. The Bertz CT molecular complexity index is 574. The second-order valence-electron chi connectivity index (χ2n) is 4.11. The van der Waals surface area contributed by atoms with E-state index in [0.717, 1.165) is 28.3 Å². The third-order valence-electron chi connectivity index (χ3n) is 2.83. The summed E-state index contributed by atoms with van der Waals surface area (Å²) in [6, 6.07) is 13.4. The topological polar surface area (TPSA) is 44.5 Å². The molecule has 0 radical (unpaired) electrons. The van der Waals surface area contributed by atoms with Gasteiger partial charge in [-0.1, -0.05) is 24.3 Å². The van der Waals surface area contributed by atoms with Crippen molar-refractivity contribution in [2.75, 3.05) is 20.0 Å². The smallest absolute Gasteiger partial charge is 0.129 e. The van der Waals surface area contributed by atoms with Crippen molar-refractivity contribution in [2.24, 2.45) is 0 Å². The predicted molar refractivity (Wildman–Crippen MR) is 79.3 cm³/mol. The monoisotopic (exact) mass is 255 g/mol. The van der Waals surface area contributed by atoms with Gasteiger partial charge in [-0.3, -0.25) is 0 Å². The van der Waals surface area contributed by atoms with Gasteiger partial charge in [0.2, 0.25) is 0 Å². The lowest BCUT2D eigenvalue weighted by Gasteiger charge is -2.07. The zero-order valence-electron chi connectivity index (χ0n) is 11.1. The fourth-order valence-corrected chi connectivity index (χ4v) is 1.75. The third-order valence-corrected chi connectivity index (χ3v) is 2.83. The molecule has 2 aromatic carbocycles. The molecule has 3 heteroatoms. The van der Waals surface area contributed by atoms with Crippen LogP contribution in [0.2, 0.25) is 0 Å². The largest absolute Gasteiger partial charge is 0.497 e. The van der Waals surface area contributed by atoms with E-state index in [0.29, 0.717) is 0 Å². The van der Waals surface area contributed by atoms with Gasteiger partial charge in [0.15, 0.2) is 0 Å². The summed E-state index contributed by atoms with van der Waals surface area (Å²) >= 11 is 0. The summed E-state index contributed by atoms with van der Waals surface area (Å²) in [7, 11) is 3.29. The quantitative estimate of drug-likeness (QED) is 0.672. The van der Waals surface area contributed by atoms with Crippen molar-refractivity contribution in [1.29, 1.82) is 0 Å². The van der Waals surface area contributed by atoms with E-state index in [2.05, 4.69) is 0 Å². The third kappa shape index (κ3) is 3.28. The summed E-state index contributed by atoms with van der Waals surface area (Å²) in [5.74, 6) is 1.56. The molecule has 0 saturated carbocycles. The fourth-order valence-electron chi connectivity index (χ4n) is 1.75. The first-order chi connectivity index (χ1) is 9.22. The molecule has 0 aliphatic heterocycles. The minimum absolute atomic E-state index is 0.763. The minimum atomic E-state index is 0.763. The van der Waals surface area contributed by atoms with E-state index in [-0.39, 0.29) is 0 Å². The number of rotatable bonds is 4. The molecule has 0 spiro atoms. The Morgan fingerprint density at radius 2 is 1.63 bits per heavy atom. The lowest BCUT2D eigenvalue weighted by molar-refractivity contribution is 0.394. The van der Waals surface area contributed by atoms with Gasteiger partial charge < -0.3 is 15.2 Å². The molecule has 0 aromatic heterocycles. The van der Waals surface area contributed by atoms with E-state index < -0.39 is 0 Å². The zero-order chi connectivity index (χ0) is 13.7. The van der Waals surface area contributed by atoms with E-state index in [9.17, 15) is 0 Å². The van der Waals surface area contributed by atoms with Crippen molar-refractivity contribution < 1.29 is 9.47 Å². The number of nitrogen functional groups attached to an aromatic ring is 1. The minimum Gasteiger partial charge on any atom is -0.497 e. The van der Waals surface area contributed by atoms with Gasteiger partial charge in [0.05, 0.1) is 14.2 Å². The maximum Gasteiger partial charge on any atom is 0.129 e. The zero-order valence-corrected chi connectivity index (χ0v) is 11.1. The van der Waals surface area contributed by atoms with Gasteiger partial charge in [-0.05, 0) is 29.8 Å². The summed E-state index contributed by atoms with van der Waals surface area (Å²) < 4.78 is 10.5. The fraction of sp³-hybridized carbons (Fsp3) is 0.125. The van der Waals surface area contributed by atoms with E-state index in [1.165, 1.54) is 0 Å². The highest BCUT2D eigenvalue weighted by Crippen LogP contribution is 2.26. The van der Waals surface area contributed by atoms with Gasteiger partial charge in [0, 0.05) is 17.3 Å². The van der Waals surface area contributed by atoms with E-state index >= 15 is 0 Å². The molecule has 0 saturated heterocycles. The number of anilines is 1. The highest BCUT2D eigenvalue weighted by molar-refractivity contribution is 5.73. The van der Waals surface area contributed by atoms with Crippen LogP contribution < -0.4 is 15.2 Å². The Morgan fingerprint density at radius 1 is 0.895 bits per heavy atom. The van der Waals surface area contributed by atoms with Gasteiger partial charge in [-0.25, -0.2) is 0 Å². The summed E-state index contributed by atoms with van der Waals surface area (Å²) in [4.78, 5) is 0. The first-order valence-electron chi connectivity index (χ1n) is 5.98. The molecule has 0 fully saturated rings. The van der Waals surface area contributed by atoms with Crippen LogP contribution in [-0.4, -0.2) is 14.2 Å². The number of methoxy groups -OCH3 is 2. The molecule has 2 rings (SSSR count). The number of hydrogen-bond acceptors (Lipinski definition) is 3. The molecule has 0 aliphatic rings. The van der Waals surface area contributed by atoms with Crippen LogP contribution >= 0.6 is 0 Å². The van der Waals surface area contributed by atoms with Crippen molar-refractivity contribution in [3.63, 3.8) is 0 Å². The van der Waals surface area contributed by atoms with E-state index in [1.807, 2.05) is 54.6 Å². The lowest BCUT2D eigenvalue weighted by Crippen LogP contribution is -1.89. The first kappa shape index (κ1) is 13.0. The summed E-state index contributed by atoms with van der Waals surface area (Å²) in [6.07, 6.45) is 4.02. The molecule has 2 aromatic rings. The highest BCUT2D eigenvalue weighted by Gasteiger charge is 2.01. The van der Waals surface area contributed by atoms with Crippen LogP contribution in [0.4, 0.5) is 5.69 Å². The Labute approximate surface area is 113 Å². The SMILES string of the molecule is COc1ccc(/C=C/c2ccc(N)cc2)c(OC)c1. The Balaban J connectivity index is 2.25. The van der Waals surface area contributed by atoms with Crippen LogP contribution in [0.15, 0.2) is 42.5 Å². The summed E-state index contributed by atoms with van der Waals surface area (Å²) in [6.45, 7) is 0. The molecule has 2 N–H and O–H groups in total. The van der Waals surface area contributed by atoms with Gasteiger partial charge in [-0.2, -0.15) is 0 Å². The lowest BCUT2D eigenvalue weighted by atomic mass is 10.1. The molecule has 0 amide bonds. The van der Waals surface area contributed by atoms with Crippen molar-refractivity contribution in [3.05, 3.63) is 53.6 Å². The maximum atomic E-state index is 5.65. The Hall–Kier alpha value is -2.42. The Kier molecular flexibility index (Phi) is 4.08. The van der Waals surface area contributed by atoms with Crippen molar-refractivity contribution in [1.82, 2.24) is 0 Å². The van der Waals surface area contributed by atoms with Crippen LogP contribution in [-0.2, 0) is 0 Å². The standard InChI is InChI=1S/C16H17NO2/c1-18-15-10-7-13(16(11-15)19-2)6-3-12-4-8-14(17)9-5-12/h3-11H,17H2,1-2H3/b6-3+. The average molecular weight is 255 g/mol. The van der Waals surface area contributed by atoms with Gasteiger partial charge >= 0.3 is 0 Å². The maximum absolute atomic E-state index is 5.65. The number of nitrogens with two attached hydrogens (primary N) is 1. The molecule has 0 heterocycles. The van der Waals surface area contributed by atoms with Crippen LogP contribution in [0.5, 0.6) is 11.5 Å². The summed E-state index contributed by atoms with van der Waals surface area (Å²) in [5, 5.41) is 0. The van der Waals surface area contributed by atoms with Crippen molar-refractivity contribution >= 4 is 17.8 Å². The van der Waals surface area contributed by atoms with Crippen LogP contribution in [0.1, 0.15) is 11.1 Å². The Morgan fingerprint density at radius 3 is 2.26 bits per heavy atom. The molecule has 0 unspecified atom stereocenters. The molecular weight excluding hydrogens is 238 g/mol. The van der Waals surface area contributed by atoms with Gasteiger partial charge in [0.25, 0.3) is 0 Å². The van der Waals surface area contributed by atoms with Crippen LogP contribution in [0.25, 0.3) is 12.2 Å². The summed E-state index contributed by atoms with van der Waals surface area (Å²) in [5.41, 5.74) is 8.51. The van der Waals surface area contributed by atoms with Crippen LogP contribution in [0.3, 0.4) is 0 Å². The number of ether oxygens (including phenoxy) is 2. The molecule has 0 bridgehead atoms. The molecular formula is C16H17NO2. The average Bonchev–Trinajstić information content (AvgIpc) is 2.46. The van der Waals surface area contributed by atoms with Crippen molar-refractivity contribution in [2.45, 2.75) is 0 Å². The van der Waals surface area contributed by atoms with Crippen LogP contribution in [0, 0.1) is 0 Å². The van der Waals surface area contributed by atoms with E-state index in [1.54, 1.807) is 14.2 Å². The highest BCUT2D eigenvalue weighted by atomic mass is 16.5. The first-order valence-corrected chi connectivity index (χ1v) is 5.98. The predicted octanol–water partition coefficient (Wildman–Crippen LogP) is 3.46. The van der Waals surface area contributed by atoms with Gasteiger partial charge in [-0.15, -0.1) is 0 Å². The second kappa shape index (κ2) is 5.96. The normalized spacial score (nSPS) is 10.6. The molecule has 98 valence electrons. The molecule has 0 aliphatic carbocycles. The second-order valence-corrected chi connectivity index (χ2v) is 4.11. The van der Waals surface area contributed by atoms with Gasteiger partial charge in [0.1, 0.15) is 11.5 Å². The molecule has 3 nitrogen and oxygen atoms in total. The number of hydrogen-bond donors (Lipinski definition) is 1. The number of benzene rings is 2. The van der Waals surface area contributed by atoms with Crippen molar-refractivity contribution in [3.8, 4) is 11.5 Å².